The number of nitrogens with one attached hydrogen (secondary N) is 3. The van der Waals surface area contributed by atoms with Crippen LogP contribution in [0.15, 0.2) is 47.6 Å². The van der Waals surface area contributed by atoms with Gasteiger partial charge in [0.1, 0.15) is 11.8 Å². The molecule has 0 radical (unpaired) electrons. The molecule has 1 atom stereocenters. The third kappa shape index (κ3) is 9.74. The van der Waals surface area contributed by atoms with E-state index in [0.29, 0.717) is 56.4 Å². The molecule has 2 aliphatic heterocycles. The number of rotatable bonds is 14. The molecule has 0 aliphatic carbocycles. The first-order valence-corrected chi connectivity index (χ1v) is 15.1. The first-order valence-electron chi connectivity index (χ1n) is 15.1. The maximum Gasteiger partial charge on any atom is 0.255 e. The Morgan fingerprint density at radius 3 is 2.51 bits per heavy atom. The number of hydrogen-bond acceptors (Lipinski definition) is 8. The Hall–Kier alpha value is -5.02. The molecule has 0 bridgehead atoms. The van der Waals surface area contributed by atoms with E-state index in [1.807, 2.05) is 30.3 Å². The highest BCUT2D eigenvalue weighted by atomic mass is 16.5. The number of hydroxylamine groups is 1. The Morgan fingerprint density at radius 2 is 1.78 bits per heavy atom. The first kappa shape index (κ1) is 32.9. The van der Waals surface area contributed by atoms with E-state index < -0.39 is 17.9 Å². The van der Waals surface area contributed by atoms with E-state index in [0.717, 1.165) is 29.5 Å². The molecule has 2 heterocycles. The molecule has 4 rings (SSSR count). The lowest BCUT2D eigenvalue weighted by molar-refractivity contribution is -0.137. The smallest absolute Gasteiger partial charge is 0.255 e. The molecule has 2 aliphatic rings. The predicted octanol–water partition coefficient (Wildman–Crippen LogP) is 2.95. The number of hydrogen-bond donors (Lipinski definition) is 4. The largest absolute Gasteiger partial charge is 0.494 e. The van der Waals surface area contributed by atoms with Crippen molar-refractivity contribution in [1.29, 1.82) is 0 Å². The molecule has 12 nitrogen and oxygen atoms in total. The van der Waals surface area contributed by atoms with Gasteiger partial charge in [0.25, 0.3) is 5.91 Å². The van der Waals surface area contributed by atoms with Gasteiger partial charge in [-0.2, -0.15) is 5.10 Å². The Labute approximate surface area is 261 Å². The molecule has 4 N–H and O–H groups in total. The van der Waals surface area contributed by atoms with E-state index in [-0.39, 0.29) is 37.1 Å². The van der Waals surface area contributed by atoms with Crippen LogP contribution in [0.2, 0.25) is 0 Å². The van der Waals surface area contributed by atoms with Crippen LogP contribution in [0.25, 0.3) is 0 Å². The lowest BCUT2D eigenvalue weighted by atomic mass is 10.0. The van der Waals surface area contributed by atoms with Crippen LogP contribution in [-0.2, 0) is 25.7 Å². The van der Waals surface area contributed by atoms with Crippen molar-refractivity contribution in [2.45, 2.75) is 76.8 Å². The first-order chi connectivity index (χ1) is 21.9. The van der Waals surface area contributed by atoms with Crippen molar-refractivity contribution >= 4 is 35.8 Å². The maximum absolute atomic E-state index is 13.0. The summed E-state index contributed by atoms with van der Waals surface area (Å²) in [5.74, 6) is 5.47. The van der Waals surface area contributed by atoms with Gasteiger partial charge in [-0.1, -0.05) is 30.7 Å². The third-order valence-electron chi connectivity index (χ3n) is 7.49. The SMILES string of the molecule is O=C(CCCCCCC(=O)NN=Cc1ccc(OCCCC#Cc2cccc3c2CN(C2CCC(=O)NC2=O)C3=O)cc1)NO. The van der Waals surface area contributed by atoms with Crippen molar-refractivity contribution in [2.24, 2.45) is 5.10 Å². The van der Waals surface area contributed by atoms with Crippen molar-refractivity contribution in [3.8, 4) is 17.6 Å². The Morgan fingerprint density at radius 1 is 1.02 bits per heavy atom. The van der Waals surface area contributed by atoms with E-state index in [1.165, 1.54) is 4.90 Å². The van der Waals surface area contributed by atoms with Gasteiger partial charge in [-0.15, -0.1) is 0 Å². The minimum absolute atomic E-state index is 0.179. The van der Waals surface area contributed by atoms with Gasteiger partial charge in [-0.25, -0.2) is 10.9 Å². The summed E-state index contributed by atoms with van der Waals surface area (Å²) >= 11 is 0. The fourth-order valence-corrected chi connectivity index (χ4v) is 5.08. The molecule has 1 saturated heterocycles. The monoisotopic (exact) mass is 615 g/mol. The van der Waals surface area contributed by atoms with E-state index in [9.17, 15) is 24.0 Å². The molecular weight excluding hydrogens is 578 g/mol. The normalized spacial score (nSPS) is 15.7. The summed E-state index contributed by atoms with van der Waals surface area (Å²) in [6, 6.07) is 12.1. The van der Waals surface area contributed by atoms with Crippen LogP contribution in [0.4, 0.5) is 0 Å². The maximum atomic E-state index is 13.0. The topological polar surface area (TPSA) is 166 Å². The zero-order valence-corrected chi connectivity index (χ0v) is 25.0. The van der Waals surface area contributed by atoms with Crippen molar-refractivity contribution in [3.63, 3.8) is 0 Å². The summed E-state index contributed by atoms with van der Waals surface area (Å²) in [5, 5.41) is 14.8. The molecule has 0 spiro atoms. The second kappa shape index (κ2) is 16.7. The summed E-state index contributed by atoms with van der Waals surface area (Å²) < 4.78 is 5.80. The van der Waals surface area contributed by atoms with E-state index in [1.54, 1.807) is 23.8 Å². The van der Waals surface area contributed by atoms with Crippen LogP contribution >= 0.6 is 0 Å². The molecule has 5 amide bonds. The number of hydrazone groups is 1. The number of ether oxygens (including phenoxy) is 1. The van der Waals surface area contributed by atoms with Gasteiger partial charge >= 0.3 is 0 Å². The summed E-state index contributed by atoms with van der Waals surface area (Å²) in [4.78, 5) is 61.1. The summed E-state index contributed by atoms with van der Waals surface area (Å²) in [6.45, 7) is 0.763. The molecule has 1 unspecified atom stereocenters. The molecule has 2 aromatic rings. The number of amides is 5. The van der Waals surface area contributed by atoms with Gasteiger partial charge in [0.05, 0.1) is 12.8 Å². The highest BCUT2D eigenvalue weighted by molar-refractivity contribution is 6.05. The third-order valence-corrected chi connectivity index (χ3v) is 7.49. The average Bonchev–Trinajstić information content (AvgIpc) is 3.37. The van der Waals surface area contributed by atoms with Crippen molar-refractivity contribution in [1.82, 2.24) is 21.1 Å². The number of piperidine rings is 1. The van der Waals surface area contributed by atoms with Gasteiger partial charge in [-0.05, 0) is 73.2 Å². The highest BCUT2D eigenvalue weighted by Gasteiger charge is 2.39. The molecule has 0 saturated carbocycles. The Bertz CT molecular complexity index is 1490. The average molecular weight is 616 g/mol. The summed E-state index contributed by atoms with van der Waals surface area (Å²) in [5.41, 5.74) is 7.02. The molecule has 236 valence electrons. The zero-order valence-electron chi connectivity index (χ0n) is 25.0. The fraction of sp³-hybridized carbons (Fsp3) is 0.394. The Balaban J connectivity index is 1.14. The number of imide groups is 1. The highest BCUT2D eigenvalue weighted by Crippen LogP contribution is 2.29. The standard InChI is InChI=1S/C33H37N5O7/c39-29-19-18-28(32(42)35-29)38-22-27-24(10-8-11-26(27)33(38)43)9-4-3-7-20-45-25-16-14-23(15-17-25)21-34-36-30(40)12-5-1-2-6-13-31(41)37-44/h8,10-11,14-17,21,28,44H,1-3,5-7,12-13,18-20,22H2,(H,36,40)(H,37,41)(H,35,39,42). The van der Waals surface area contributed by atoms with Gasteiger partial charge in [0, 0.05) is 43.4 Å². The van der Waals surface area contributed by atoms with Crippen molar-refractivity contribution in [2.75, 3.05) is 6.61 Å². The van der Waals surface area contributed by atoms with Crippen LogP contribution in [0, 0.1) is 11.8 Å². The van der Waals surface area contributed by atoms with Crippen molar-refractivity contribution < 1.29 is 33.9 Å². The van der Waals surface area contributed by atoms with Gasteiger partial charge in [0.2, 0.25) is 23.6 Å². The lowest BCUT2D eigenvalue weighted by Gasteiger charge is -2.29. The molecule has 45 heavy (non-hydrogen) atoms. The zero-order chi connectivity index (χ0) is 32.0. The van der Waals surface area contributed by atoms with Gasteiger partial charge in [0.15, 0.2) is 0 Å². The Kier molecular flexibility index (Phi) is 12.2. The second-order valence-electron chi connectivity index (χ2n) is 10.8. The minimum Gasteiger partial charge on any atom is -0.494 e. The van der Waals surface area contributed by atoms with Crippen LogP contribution < -0.4 is 21.0 Å². The van der Waals surface area contributed by atoms with Gasteiger partial charge < -0.3 is 9.64 Å². The molecule has 1 fully saturated rings. The number of carbonyl (C=O) groups excluding carboxylic acids is 5. The van der Waals surface area contributed by atoms with Crippen molar-refractivity contribution in [3.05, 3.63) is 64.7 Å². The number of benzene rings is 2. The van der Waals surface area contributed by atoms with Crippen LogP contribution in [0.3, 0.4) is 0 Å². The molecule has 2 aromatic carbocycles. The number of carbonyl (C=O) groups is 5. The van der Waals surface area contributed by atoms with Crippen LogP contribution in [0.1, 0.15) is 91.3 Å². The molecule has 0 aromatic heterocycles. The minimum atomic E-state index is -0.656. The second-order valence-corrected chi connectivity index (χ2v) is 10.8. The van der Waals surface area contributed by atoms with Crippen LogP contribution in [0.5, 0.6) is 5.75 Å². The molecule has 12 heteroatoms. The van der Waals surface area contributed by atoms with E-state index >= 15 is 0 Å². The van der Waals surface area contributed by atoms with Gasteiger partial charge in [-0.3, -0.25) is 34.5 Å². The fourth-order valence-electron chi connectivity index (χ4n) is 5.08. The number of nitrogens with zero attached hydrogens (tertiary/aromatic N) is 2. The lowest BCUT2D eigenvalue weighted by Crippen LogP contribution is -2.52. The number of fused-ring (bicyclic) bond motifs is 1. The molecular formula is C33H37N5O7. The quantitative estimate of drug-likeness (QED) is 0.0633. The predicted molar refractivity (Wildman–Crippen MR) is 164 cm³/mol. The van der Waals surface area contributed by atoms with Crippen LogP contribution in [-0.4, -0.2) is 58.5 Å². The summed E-state index contributed by atoms with van der Waals surface area (Å²) in [6.07, 6.45) is 6.98. The number of unbranched alkanes of at least 4 members (excludes halogenated alkanes) is 4. The van der Waals surface area contributed by atoms with E-state index in [2.05, 4.69) is 27.7 Å². The summed E-state index contributed by atoms with van der Waals surface area (Å²) in [7, 11) is 0. The van der Waals surface area contributed by atoms with E-state index in [4.69, 9.17) is 9.94 Å².